The molecule has 9 heteroatoms. The largest absolute Gasteiger partial charge is 0.358 e. The van der Waals surface area contributed by atoms with E-state index < -0.39 is 4.92 Å². The lowest BCUT2D eigenvalue weighted by Gasteiger charge is -2.08. The third-order valence-corrected chi connectivity index (χ3v) is 2.48. The van der Waals surface area contributed by atoms with Gasteiger partial charge in [0, 0.05) is 12.1 Å². The summed E-state index contributed by atoms with van der Waals surface area (Å²) in [5.74, 6) is 0.347. The Labute approximate surface area is 118 Å². The maximum absolute atomic E-state index is 11.0. The average Bonchev–Trinajstić information content (AvgIpc) is 3.12. The fourth-order valence-electron chi connectivity index (χ4n) is 1.60. The van der Waals surface area contributed by atoms with Crippen LogP contribution in [0.2, 0.25) is 0 Å². The van der Waals surface area contributed by atoms with E-state index in [-0.39, 0.29) is 11.4 Å². The van der Waals surface area contributed by atoms with Gasteiger partial charge in [0.2, 0.25) is 5.75 Å². The molecule has 21 heavy (non-hydrogen) atoms. The van der Waals surface area contributed by atoms with Gasteiger partial charge in [0.1, 0.15) is 0 Å². The van der Waals surface area contributed by atoms with Gasteiger partial charge in [0.05, 0.1) is 29.7 Å². The second-order valence-corrected chi connectivity index (χ2v) is 3.89. The summed E-state index contributed by atoms with van der Waals surface area (Å²) >= 11 is 0. The van der Waals surface area contributed by atoms with E-state index in [2.05, 4.69) is 10.2 Å². The van der Waals surface area contributed by atoms with E-state index in [0.717, 1.165) is 4.85 Å². The summed E-state index contributed by atoms with van der Waals surface area (Å²) < 4.78 is 0. The molecule has 0 spiro atoms. The maximum Gasteiger partial charge on any atom is 0.314 e. The first-order valence-electron chi connectivity index (χ1n) is 5.87. The third kappa shape index (κ3) is 2.81. The second-order valence-electron chi connectivity index (χ2n) is 3.89. The SMILES string of the molecule is O=[N+]([O-])c1ccc(On2cccn2)cc1On1cccn1. The van der Waals surface area contributed by atoms with Crippen molar-refractivity contribution in [1.29, 1.82) is 0 Å². The normalized spacial score (nSPS) is 10.3. The predicted molar refractivity (Wildman–Crippen MR) is 69.6 cm³/mol. The molecule has 2 heterocycles. The summed E-state index contributed by atoms with van der Waals surface area (Å²) in [5.41, 5.74) is -0.196. The molecule has 106 valence electrons. The summed E-state index contributed by atoms with van der Waals surface area (Å²) in [6, 6.07) is 7.46. The lowest BCUT2D eigenvalue weighted by atomic mass is 10.3. The zero-order chi connectivity index (χ0) is 14.7. The maximum atomic E-state index is 11.0. The molecule has 0 radical (unpaired) electrons. The zero-order valence-electron chi connectivity index (χ0n) is 10.6. The summed E-state index contributed by atoms with van der Waals surface area (Å²) in [6.07, 6.45) is 6.16. The van der Waals surface area contributed by atoms with E-state index in [1.165, 1.54) is 35.4 Å². The van der Waals surface area contributed by atoms with Crippen molar-refractivity contribution in [2.24, 2.45) is 0 Å². The first-order valence-corrected chi connectivity index (χ1v) is 5.87. The molecule has 3 rings (SSSR count). The minimum atomic E-state index is -0.545. The molecule has 0 unspecified atom stereocenters. The first kappa shape index (κ1) is 12.7. The van der Waals surface area contributed by atoms with Crippen molar-refractivity contribution in [3.8, 4) is 11.5 Å². The van der Waals surface area contributed by atoms with E-state index in [1.807, 2.05) is 0 Å². The highest BCUT2D eigenvalue weighted by Crippen LogP contribution is 2.31. The molecule has 0 saturated carbocycles. The smallest absolute Gasteiger partial charge is 0.314 e. The quantitative estimate of drug-likeness (QED) is 0.523. The molecule has 0 aliphatic rings. The Morgan fingerprint density at radius 3 is 2.29 bits per heavy atom. The fraction of sp³-hybridized carbons (Fsp3) is 0. The van der Waals surface area contributed by atoms with Gasteiger partial charge in [0.15, 0.2) is 5.75 Å². The highest BCUT2D eigenvalue weighted by molar-refractivity contribution is 5.50. The highest BCUT2D eigenvalue weighted by Gasteiger charge is 2.18. The Morgan fingerprint density at radius 2 is 1.71 bits per heavy atom. The minimum Gasteiger partial charge on any atom is -0.358 e. The molecule has 2 aromatic heterocycles. The van der Waals surface area contributed by atoms with Crippen molar-refractivity contribution in [2.75, 3.05) is 0 Å². The summed E-state index contributed by atoms with van der Waals surface area (Å²) in [4.78, 5) is 23.5. The van der Waals surface area contributed by atoms with E-state index >= 15 is 0 Å². The first-order chi connectivity index (χ1) is 10.2. The molecule has 0 saturated heterocycles. The molecular formula is C12H9N5O4. The van der Waals surface area contributed by atoms with Crippen molar-refractivity contribution in [2.45, 2.75) is 0 Å². The molecule has 1 aromatic carbocycles. The van der Waals surface area contributed by atoms with Gasteiger partial charge in [-0.15, -0.1) is 19.9 Å². The van der Waals surface area contributed by atoms with Crippen LogP contribution in [0.1, 0.15) is 0 Å². The van der Waals surface area contributed by atoms with E-state index in [4.69, 9.17) is 9.68 Å². The van der Waals surface area contributed by atoms with Gasteiger partial charge in [-0.2, -0.15) is 0 Å². The highest BCUT2D eigenvalue weighted by atomic mass is 16.7. The van der Waals surface area contributed by atoms with Crippen LogP contribution in [0, 0.1) is 10.1 Å². The molecule has 0 N–H and O–H groups in total. The number of nitrogens with zero attached hydrogens (tertiary/aromatic N) is 5. The lowest BCUT2D eigenvalue weighted by Crippen LogP contribution is -2.09. The Kier molecular flexibility index (Phi) is 3.21. The molecular weight excluding hydrogens is 278 g/mol. The van der Waals surface area contributed by atoms with Crippen LogP contribution in [0.15, 0.2) is 55.1 Å². The van der Waals surface area contributed by atoms with Crippen molar-refractivity contribution < 1.29 is 14.6 Å². The van der Waals surface area contributed by atoms with Gasteiger partial charge >= 0.3 is 5.69 Å². The van der Waals surface area contributed by atoms with Crippen LogP contribution < -0.4 is 9.68 Å². The molecule has 9 nitrogen and oxygen atoms in total. The predicted octanol–water partition coefficient (Wildman–Crippen LogP) is 1.67. The van der Waals surface area contributed by atoms with Gasteiger partial charge in [-0.1, -0.05) is 0 Å². The molecule has 0 amide bonds. The summed E-state index contributed by atoms with van der Waals surface area (Å²) in [6.45, 7) is 0. The molecule has 0 aliphatic carbocycles. The van der Waals surface area contributed by atoms with Gasteiger partial charge in [-0.05, 0) is 18.2 Å². The Hall–Kier alpha value is -3.36. The van der Waals surface area contributed by atoms with Gasteiger partial charge in [-0.25, -0.2) is 0 Å². The number of hydrogen-bond donors (Lipinski definition) is 0. The number of nitro groups is 1. The standard InChI is InChI=1S/C12H9N5O4/c18-17(19)11-4-3-10(20-15-7-1-5-13-15)9-12(11)21-16-8-2-6-14-16/h1-9H. The van der Waals surface area contributed by atoms with Crippen molar-refractivity contribution in [1.82, 2.24) is 19.9 Å². The van der Waals surface area contributed by atoms with Crippen molar-refractivity contribution in [3.63, 3.8) is 0 Å². The average molecular weight is 287 g/mol. The van der Waals surface area contributed by atoms with Crippen molar-refractivity contribution in [3.05, 3.63) is 65.2 Å². The minimum absolute atomic E-state index is 0.00774. The molecule has 0 fully saturated rings. The third-order valence-electron chi connectivity index (χ3n) is 2.48. The lowest BCUT2D eigenvalue weighted by molar-refractivity contribution is -0.386. The molecule has 0 bridgehead atoms. The van der Waals surface area contributed by atoms with E-state index in [1.54, 1.807) is 24.5 Å². The van der Waals surface area contributed by atoms with E-state index in [9.17, 15) is 10.1 Å². The molecule has 0 atom stereocenters. The second kappa shape index (κ2) is 5.33. The van der Waals surface area contributed by atoms with Crippen LogP contribution in [0.5, 0.6) is 11.5 Å². The number of hydrogen-bond acceptors (Lipinski definition) is 6. The monoisotopic (exact) mass is 287 g/mol. The molecule has 3 aromatic rings. The van der Waals surface area contributed by atoms with Crippen LogP contribution in [0.4, 0.5) is 5.69 Å². The van der Waals surface area contributed by atoms with Gasteiger partial charge in [-0.3, -0.25) is 10.1 Å². The Balaban J connectivity index is 1.92. The topological polar surface area (TPSA) is 97.2 Å². The van der Waals surface area contributed by atoms with E-state index in [0.29, 0.717) is 5.75 Å². The fourth-order valence-corrected chi connectivity index (χ4v) is 1.60. The van der Waals surface area contributed by atoms with Gasteiger partial charge in [0.25, 0.3) is 0 Å². The Morgan fingerprint density at radius 1 is 1.05 bits per heavy atom. The number of benzene rings is 1. The summed E-state index contributed by atoms with van der Waals surface area (Å²) in [5, 5.41) is 18.7. The van der Waals surface area contributed by atoms with Crippen LogP contribution in [0.3, 0.4) is 0 Å². The van der Waals surface area contributed by atoms with Crippen LogP contribution in [-0.2, 0) is 0 Å². The summed E-state index contributed by atoms with van der Waals surface area (Å²) in [7, 11) is 0. The zero-order valence-corrected chi connectivity index (χ0v) is 10.6. The van der Waals surface area contributed by atoms with Gasteiger partial charge < -0.3 is 9.68 Å². The molecule has 0 aliphatic heterocycles. The number of nitro benzene ring substituents is 1. The van der Waals surface area contributed by atoms with Crippen LogP contribution in [0.25, 0.3) is 0 Å². The van der Waals surface area contributed by atoms with Crippen LogP contribution >= 0.6 is 0 Å². The Bertz CT molecular complexity index is 739. The number of aromatic nitrogens is 4. The van der Waals surface area contributed by atoms with Crippen molar-refractivity contribution >= 4 is 5.69 Å². The van der Waals surface area contributed by atoms with Crippen LogP contribution in [-0.4, -0.2) is 24.8 Å². The number of rotatable bonds is 5.